The zero-order valence-corrected chi connectivity index (χ0v) is 7.69. The highest BCUT2D eigenvalue weighted by Gasteiger charge is 2.10. The third kappa shape index (κ3) is 3.01. The maximum absolute atomic E-state index is 3.32. The summed E-state index contributed by atoms with van der Waals surface area (Å²) in [7, 11) is 1.40. The largest absolute Gasteiger partial charge is 0.121 e. The van der Waals surface area contributed by atoms with Crippen LogP contribution in [0, 0.1) is 23.7 Å². The minimum atomic E-state index is 0.619. The van der Waals surface area contributed by atoms with Gasteiger partial charge >= 0.3 is 0 Å². The van der Waals surface area contributed by atoms with Crippen LogP contribution >= 0.6 is 0 Å². The average molecular weight is 148 g/mol. The first-order chi connectivity index (χ1) is 5.30. The molecule has 2 unspecified atom stereocenters. The van der Waals surface area contributed by atoms with Crippen LogP contribution in [0.3, 0.4) is 0 Å². The second kappa shape index (κ2) is 4.49. The Morgan fingerprint density at radius 3 is 3.00 bits per heavy atom. The molecule has 1 aliphatic heterocycles. The SMILES string of the molecule is CC1C#CCCCBCC1C. The molecular formula is C10H17B. The normalized spacial score (nSPS) is 31.8. The third-order valence-electron chi connectivity index (χ3n) is 2.64. The van der Waals surface area contributed by atoms with Crippen molar-refractivity contribution in [2.45, 2.75) is 39.3 Å². The fourth-order valence-corrected chi connectivity index (χ4v) is 1.48. The van der Waals surface area contributed by atoms with Crippen LogP contribution in [-0.4, -0.2) is 7.28 Å². The summed E-state index contributed by atoms with van der Waals surface area (Å²) in [6.45, 7) is 4.58. The first-order valence-corrected chi connectivity index (χ1v) is 4.79. The molecule has 0 bridgehead atoms. The van der Waals surface area contributed by atoms with Crippen molar-refractivity contribution in [2.75, 3.05) is 0 Å². The molecule has 0 saturated carbocycles. The minimum Gasteiger partial charge on any atom is -0.103 e. The van der Waals surface area contributed by atoms with E-state index in [0.29, 0.717) is 5.92 Å². The quantitative estimate of drug-likeness (QED) is 0.365. The first-order valence-electron chi connectivity index (χ1n) is 4.79. The van der Waals surface area contributed by atoms with Gasteiger partial charge in [-0.05, 0) is 12.3 Å². The maximum Gasteiger partial charge on any atom is 0.121 e. The van der Waals surface area contributed by atoms with Crippen LogP contribution in [0.15, 0.2) is 0 Å². The zero-order valence-electron chi connectivity index (χ0n) is 7.69. The van der Waals surface area contributed by atoms with Crippen molar-refractivity contribution in [1.29, 1.82) is 0 Å². The van der Waals surface area contributed by atoms with Crippen molar-refractivity contribution in [2.24, 2.45) is 11.8 Å². The molecule has 0 saturated heterocycles. The van der Waals surface area contributed by atoms with Crippen molar-refractivity contribution < 1.29 is 0 Å². The Morgan fingerprint density at radius 2 is 2.18 bits per heavy atom. The molecular weight excluding hydrogens is 131 g/mol. The van der Waals surface area contributed by atoms with Crippen LogP contribution in [0.4, 0.5) is 0 Å². The molecule has 1 heteroatoms. The van der Waals surface area contributed by atoms with E-state index in [1.807, 2.05) is 0 Å². The highest BCUT2D eigenvalue weighted by molar-refractivity contribution is 6.35. The van der Waals surface area contributed by atoms with Crippen molar-refractivity contribution in [1.82, 2.24) is 0 Å². The van der Waals surface area contributed by atoms with Gasteiger partial charge < -0.3 is 0 Å². The van der Waals surface area contributed by atoms with E-state index in [2.05, 4.69) is 25.7 Å². The van der Waals surface area contributed by atoms with Crippen LogP contribution in [0.2, 0.25) is 12.6 Å². The number of hydrogen-bond donors (Lipinski definition) is 0. The second-order valence-electron chi connectivity index (χ2n) is 3.69. The maximum atomic E-state index is 3.32. The smallest absolute Gasteiger partial charge is 0.103 e. The molecule has 1 heterocycles. The van der Waals surface area contributed by atoms with E-state index in [-0.39, 0.29) is 0 Å². The van der Waals surface area contributed by atoms with Crippen molar-refractivity contribution in [3.05, 3.63) is 0 Å². The fraction of sp³-hybridized carbons (Fsp3) is 0.800. The third-order valence-corrected chi connectivity index (χ3v) is 2.64. The molecule has 0 spiro atoms. The van der Waals surface area contributed by atoms with E-state index in [0.717, 1.165) is 12.3 Å². The van der Waals surface area contributed by atoms with E-state index in [1.54, 1.807) is 0 Å². The summed E-state index contributed by atoms with van der Waals surface area (Å²) < 4.78 is 0. The summed E-state index contributed by atoms with van der Waals surface area (Å²) in [5.74, 6) is 8.01. The summed E-state index contributed by atoms with van der Waals surface area (Å²) in [5.41, 5.74) is 0. The van der Waals surface area contributed by atoms with Crippen LogP contribution in [-0.2, 0) is 0 Å². The highest BCUT2D eigenvalue weighted by Crippen LogP contribution is 2.16. The Balaban J connectivity index is 2.47. The molecule has 0 aromatic carbocycles. The number of rotatable bonds is 0. The summed E-state index contributed by atoms with van der Waals surface area (Å²) in [6.07, 6.45) is 5.19. The molecule has 0 aromatic heterocycles. The van der Waals surface area contributed by atoms with Crippen LogP contribution < -0.4 is 0 Å². The molecule has 0 radical (unpaired) electrons. The van der Waals surface area contributed by atoms with Crippen LogP contribution in [0.1, 0.15) is 26.7 Å². The van der Waals surface area contributed by atoms with E-state index in [4.69, 9.17) is 0 Å². The summed E-state index contributed by atoms with van der Waals surface area (Å²) in [6, 6.07) is 0. The lowest BCUT2D eigenvalue weighted by Gasteiger charge is -2.12. The molecule has 11 heavy (non-hydrogen) atoms. The van der Waals surface area contributed by atoms with Crippen molar-refractivity contribution in [3.8, 4) is 11.8 Å². The van der Waals surface area contributed by atoms with Crippen molar-refractivity contribution >= 4 is 7.28 Å². The van der Waals surface area contributed by atoms with Gasteiger partial charge in [-0.1, -0.05) is 32.4 Å². The van der Waals surface area contributed by atoms with Gasteiger partial charge in [-0.3, -0.25) is 0 Å². The zero-order chi connectivity index (χ0) is 8.10. The summed E-state index contributed by atoms with van der Waals surface area (Å²) >= 11 is 0. The lowest BCUT2D eigenvalue weighted by Crippen LogP contribution is -2.07. The molecule has 0 aromatic rings. The molecule has 60 valence electrons. The summed E-state index contributed by atoms with van der Waals surface area (Å²) in [5, 5.41) is 0. The molecule has 1 rings (SSSR count). The van der Waals surface area contributed by atoms with E-state index in [1.165, 1.54) is 26.3 Å². The minimum absolute atomic E-state index is 0.619. The fourth-order valence-electron chi connectivity index (χ4n) is 1.48. The van der Waals surface area contributed by atoms with E-state index in [9.17, 15) is 0 Å². The first kappa shape index (κ1) is 8.72. The van der Waals surface area contributed by atoms with Gasteiger partial charge in [0.1, 0.15) is 7.28 Å². The van der Waals surface area contributed by atoms with Crippen LogP contribution in [0.5, 0.6) is 0 Å². The lowest BCUT2D eigenvalue weighted by atomic mass is 9.64. The highest BCUT2D eigenvalue weighted by atomic mass is 14.1. The van der Waals surface area contributed by atoms with Crippen LogP contribution in [0.25, 0.3) is 0 Å². The summed E-state index contributed by atoms with van der Waals surface area (Å²) in [4.78, 5) is 0. The Bertz CT molecular complexity index is 163. The monoisotopic (exact) mass is 148 g/mol. The van der Waals surface area contributed by atoms with Gasteiger partial charge in [0.05, 0.1) is 0 Å². The van der Waals surface area contributed by atoms with E-state index >= 15 is 0 Å². The Kier molecular flexibility index (Phi) is 3.56. The van der Waals surface area contributed by atoms with Gasteiger partial charge in [-0.2, -0.15) is 0 Å². The molecule has 0 fully saturated rings. The molecule has 0 nitrogen and oxygen atoms in total. The second-order valence-corrected chi connectivity index (χ2v) is 3.69. The van der Waals surface area contributed by atoms with Gasteiger partial charge in [0.15, 0.2) is 0 Å². The average Bonchev–Trinajstić information content (AvgIpc) is 2.07. The lowest BCUT2D eigenvalue weighted by molar-refractivity contribution is 0.518. The van der Waals surface area contributed by atoms with Gasteiger partial charge in [0.2, 0.25) is 0 Å². The number of hydrogen-bond acceptors (Lipinski definition) is 0. The van der Waals surface area contributed by atoms with Crippen molar-refractivity contribution in [3.63, 3.8) is 0 Å². The molecule has 2 atom stereocenters. The topological polar surface area (TPSA) is 0 Å². The van der Waals surface area contributed by atoms with Gasteiger partial charge in [-0.25, -0.2) is 0 Å². The molecule has 0 N–H and O–H groups in total. The van der Waals surface area contributed by atoms with Gasteiger partial charge in [0.25, 0.3) is 0 Å². The standard InChI is InChI=1S/C10H17B/c1-9-6-4-3-5-7-11-8-10(9)2/h9-11H,3,5,7-8H2,1-2H3. The Hall–Kier alpha value is -0.375. The van der Waals surface area contributed by atoms with Gasteiger partial charge in [-0.15, -0.1) is 5.92 Å². The predicted molar refractivity (Wildman–Crippen MR) is 52.1 cm³/mol. The predicted octanol–water partition coefficient (Wildman–Crippen LogP) is 2.33. The molecule has 0 amide bonds. The molecule has 1 aliphatic rings. The Morgan fingerprint density at radius 1 is 1.36 bits per heavy atom. The van der Waals surface area contributed by atoms with E-state index < -0.39 is 0 Å². The Labute approximate surface area is 71.0 Å². The molecule has 0 aliphatic carbocycles. The van der Waals surface area contributed by atoms with Gasteiger partial charge in [0, 0.05) is 12.3 Å².